The fourth-order valence-electron chi connectivity index (χ4n) is 4.73. The number of anilines is 1. The van der Waals surface area contributed by atoms with E-state index in [1.807, 2.05) is 0 Å². The minimum atomic E-state index is -0.0514. The van der Waals surface area contributed by atoms with Crippen LogP contribution in [0.15, 0.2) is 84.9 Å². The molecule has 0 aliphatic heterocycles. The van der Waals surface area contributed by atoms with Gasteiger partial charge in [0, 0.05) is 11.3 Å². The first-order chi connectivity index (χ1) is 16.3. The lowest BCUT2D eigenvalue weighted by Crippen LogP contribution is -2.17. The van der Waals surface area contributed by atoms with E-state index < -0.39 is 0 Å². The van der Waals surface area contributed by atoms with Gasteiger partial charge in [-0.2, -0.15) is 0 Å². The van der Waals surface area contributed by atoms with Crippen molar-refractivity contribution < 1.29 is 0 Å². The molecular weight excluding hydrogens is 412 g/mol. The lowest BCUT2D eigenvalue weighted by molar-refractivity contribution is 0.814. The van der Waals surface area contributed by atoms with Gasteiger partial charge in [-0.15, -0.1) is 0 Å². The number of hydrogen-bond donors (Lipinski definition) is 1. The summed E-state index contributed by atoms with van der Waals surface area (Å²) in [5, 5.41) is 3.95. The molecule has 174 valence electrons. The van der Waals surface area contributed by atoms with E-state index in [2.05, 4.69) is 132 Å². The van der Waals surface area contributed by atoms with E-state index in [1.165, 1.54) is 33.5 Å². The Morgan fingerprint density at radius 1 is 0.647 bits per heavy atom. The molecule has 0 fully saturated rings. The number of rotatable bonds is 7. The van der Waals surface area contributed by atoms with Crippen molar-refractivity contribution in [1.29, 1.82) is 0 Å². The number of hydrogen-bond acceptors (Lipinski definition) is 2. The topological polar surface area (TPSA) is 24.9 Å². The van der Waals surface area contributed by atoms with Crippen LogP contribution < -0.4 is 5.32 Å². The Hall–Kier alpha value is -3.39. The van der Waals surface area contributed by atoms with E-state index in [0.29, 0.717) is 11.8 Å². The molecule has 3 aromatic carbocycles. The molecule has 1 aromatic heterocycles. The number of aromatic nitrogens is 1. The van der Waals surface area contributed by atoms with Crippen LogP contribution in [0, 0.1) is 13.8 Å². The van der Waals surface area contributed by atoms with Crippen molar-refractivity contribution in [3.8, 4) is 11.3 Å². The van der Waals surface area contributed by atoms with E-state index in [9.17, 15) is 0 Å². The van der Waals surface area contributed by atoms with Crippen molar-refractivity contribution >= 4 is 5.69 Å². The smallest absolute Gasteiger partial charge is 0.0940 e. The normalized spacial score (nSPS) is 12.2. The summed E-state index contributed by atoms with van der Waals surface area (Å²) in [6.45, 7) is 13.3. The van der Waals surface area contributed by atoms with E-state index in [1.54, 1.807) is 0 Å². The molecule has 34 heavy (non-hydrogen) atoms. The molecule has 0 saturated heterocycles. The molecule has 2 nitrogen and oxygen atoms in total. The van der Waals surface area contributed by atoms with Crippen molar-refractivity contribution in [3.63, 3.8) is 0 Å². The molecule has 2 heteroatoms. The van der Waals surface area contributed by atoms with Crippen LogP contribution in [0.2, 0.25) is 0 Å². The minimum absolute atomic E-state index is 0.0514. The van der Waals surface area contributed by atoms with Crippen molar-refractivity contribution in [2.45, 2.75) is 59.4 Å². The van der Waals surface area contributed by atoms with Crippen LogP contribution in [0.25, 0.3) is 11.3 Å². The average Bonchev–Trinajstić information content (AvgIpc) is 2.82. The van der Waals surface area contributed by atoms with Crippen LogP contribution in [0.5, 0.6) is 0 Å². The highest BCUT2D eigenvalue weighted by Gasteiger charge is 2.21. The van der Waals surface area contributed by atoms with Crippen LogP contribution in [-0.2, 0) is 0 Å². The second-order valence-corrected chi connectivity index (χ2v) is 9.93. The number of nitrogens with zero attached hydrogens (tertiary/aromatic N) is 1. The summed E-state index contributed by atoms with van der Waals surface area (Å²) in [5.41, 5.74) is 10.8. The summed E-state index contributed by atoms with van der Waals surface area (Å²) in [6, 6.07) is 30.3. The van der Waals surface area contributed by atoms with Crippen LogP contribution in [-0.4, -0.2) is 4.98 Å². The third-order valence-electron chi connectivity index (χ3n) is 6.38. The highest BCUT2D eigenvalue weighted by Crippen LogP contribution is 2.36. The molecule has 4 rings (SSSR count). The van der Waals surface area contributed by atoms with Crippen LogP contribution in [0.4, 0.5) is 5.69 Å². The van der Waals surface area contributed by atoms with Crippen molar-refractivity contribution in [1.82, 2.24) is 4.98 Å². The van der Waals surface area contributed by atoms with Gasteiger partial charge in [-0.25, -0.2) is 0 Å². The number of para-hydroxylation sites is 1. The average molecular weight is 449 g/mol. The van der Waals surface area contributed by atoms with Crippen LogP contribution >= 0.6 is 0 Å². The zero-order valence-electron chi connectivity index (χ0n) is 21.3. The Labute approximate surface area is 205 Å². The Morgan fingerprint density at radius 3 is 1.82 bits per heavy atom. The maximum Gasteiger partial charge on any atom is 0.0940 e. The molecule has 0 bridgehead atoms. The van der Waals surface area contributed by atoms with Gasteiger partial charge in [0.1, 0.15) is 0 Å². The molecule has 4 aromatic rings. The van der Waals surface area contributed by atoms with Gasteiger partial charge in [-0.1, -0.05) is 99.5 Å². The van der Waals surface area contributed by atoms with E-state index in [0.717, 1.165) is 17.0 Å². The molecule has 0 saturated carbocycles. The predicted molar refractivity (Wildman–Crippen MR) is 146 cm³/mol. The predicted octanol–water partition coefficient (Wildman–Crippen LogP) is 8.81. The van der Waals surface area contributed by atoms with Gasteiger partial charge >= 0.3 is 0 Å². The molecule has 0 spiro atoms. The van der Waals surface area contributed by atoms with Gasteiger partial charge in [0.15, 0.2) is 0 Å². The van der Waals surface area contributed by atoms with Gasteiger partial charge in [-0.3, -0.25) is 4.98 Å². The SMILES string of the molecule is Cc1cc(C)cc(-c2cccc(C(Nc3c(C(C)C)cccc3C(C)C)c3ccccc3)n2)c1. The van der Waals surface area contributed by atoms with Crippen molar-refractivity contribution in [2.24, 2.45) is 0 Å². The molecule has 1 unspecified atom stereocenters. The fourth-order valence-corrected chi connectivity index (χ4v) is 4.73. The van der Waals surface area contributed by atoms with Gasteiger partial charge in [0.2, 0.25) is 0 Å². The number of nitrogens with one attached hydrogen (secondary N) is 1. The summed E-state index contributed by atoms with van der Waals surface area (Å²) in [4.78, 5) is 5.18. The number of benzene rings is 3. The summed E-state index contributed by atoms with van der Waals surface area (Å²) < 4.78 is 0. The monoisotopic (exact) mass is 448 g/mol. The second-order valence-electron chi connectivity index (χ2n) is 9.93. The van der Waals surface area contributed by atoms with E-state index in [-0.39, 0.29) is 6.04 Å². The quantitative estimate of drug-likeness (QED) is 0.305. The maximum absolute atomic E-state index is 5.18. The lowest BCUT2D eigenvalue weighted by atomic mass is 9.91. The van der Waals surface area contributed by atoms with Crippen LogP contribution in [0.3, 0.4) is 0 Å². The Morgan fingerprint density at radius 2 is 1.24 bits per heavy atom. The molecule has 1 heterocycles. The molecule has 0 aliphatic carbocycles. The zero-order chi connectivity index (χ0) is 24.2. The first kappa shape index (κ1) is 23.8. The third kappa shape index (κ3) is 5.22. The highest BCUT2D eigenvalue weighted by atomic mass is 15.0. The van der Waals surface area contributed by atoms with Crippen molar-refractivity contribution in [3.05, 3.63) is 118 Å². The number of aryl methyl sites for hydroxylation is 2. The third-order valence-corrected chi connectivity index (χ3v) is 6.38. The highest BCUT2D eigenvalue weighted by molar-refractivity contribution is 5.64. The lowest BCUT2D eigenvalue weighted by Gasteiger charge is -2.27. The molecule has 0 aliphatic rings. The fraction of sp³-hybridized carbons (Fsp3) is 0.281. The van der Waals surface area contributed by atoms with E-state index in [4.69, 9.17) is 4.98 Å². The Balaban J connectivity index is 1.84. The molecule has 1 N–H and O–H groups in total. The first-order valence-electron chi connectivity index (χ1n) is 12.3. The summed E-state index contributed by atoms with van der Waals surface area (Å²) >= 11 is 0. The van der Waals surface area contributed by atoms with E-state index >= 15 is 0 Å². The summed E-state index contributed by atoms with van der Waals surface area (Å²) in [7, 11) is 0. The van der Waals surface area contributed by atoms with Gasteiger partial charge in [0.25, 0.3) is 0 Å². The van der Waals surface area contributed by atoms with Crippen LogP contribution in [0.1, 0.15) is 79.1 Å². The largest absolute Gasteiger partial charge is 0.372 e. The first-order valence-corrected chi connectivity index (χ1v) is 12.3. The second kappa shape index (κ2) is 10.3. The van der Waals surface area contributed by atoms with Crippen molar-refractivity contribution in [2.75, 3.05) is 5.32 Å². The standard InChI is InChI=1S/C32H36N2/c1-21(2)27-14-10-15-28(22(3)4)32(27)34-31(25-12-8-7-9-13-25)30-17-11-16-29(33-30)26-19-23(5)18-24(6)20-26/h7-22,31,34H,1-6H3. The molecular formula is C32H36N2. The maximum atomic E-state index is 5.18. The molecule has 0 radical (unpaired) electrons. The Bertz CT molecular complexity index is 1210. The zero-order valence-corrected chi connectivity index (χ0v) is 21.3. The Kier molecular flexibility index (Phi) is 7.17. The van der Waals surface area contributed by atoms with Gasteiger partial charge < -0.3 is 5.32 Å². The summed E-state index contributed by atoms with van der Waals surface area (Å²) in [6.07, 6.45) is 0. The van der Waals surface area contributed by atoms with Gasteiger partial charge in [-0.05, 0) is 66.6 Å². The number of pyridine rings is 1. The summed E-state index contributed by atoms with van der Waals surface area (Å²) in [5.74, 6) is 0.847. The molecule has 1 atom stereocenters. The molecule has 0 amide bonds. The minimum Gasteiger partial charge on any atom is -0.372 e. The van der Waals surface area contributed by atoms with Gasteiger partial charge in [0.05, 0.1) is 17.4 Å².